The lowest BCUT2D eigenvalue weighted by Gasteiger charge is -2.11. The molecule has 0 saturated heterocycles. The van der Waals surface area contributed by atoms with E-state index in [2.05, 4.69) is 5.32 Å². The van der Waals surface area contributed by atoms with Crippen LogP contribution in [-0.2, 0) is 9.59 Å². The van der Waals surface area contributed by atoms with E-state index in [9.17, 15) is 14.4 Å². The molecule has 1 aromatic carbocycles. The number of aromatic carboxylic acids is 1. The number of nitrogens with one attached hydrogen (secondary N) is 1. The van der Waals surface area contributed by atoms with Crippen LogP contribution in [0, 0.1) is 11.8 Å². The molecule has 1 fully saturated rings. The number of hydrogen-bond acceptors (Lipinski definition) is 3. The summed E-state index contributed by atoms with van der Waals surface area (Å²) in [6.45, 7) is 0. The number of carboxylic acid groups (broad SMARTS) is 2. The lowest BCUT2D eigenvalue weighted by atomic mass is 10.0. The Morgan fingerprint density at radius 2 is 1.80 bits per heavy atom. The number of aliphatic carboxylic acids is 1. The zero-order valence-corrected chi connectivity index (χ0v) is 10.7. The maximum atomic E-state index is 12.0. The molecule has 6 nitrogen and oxygen atoms in total. The second-order valence-electron chi connectivity index (χ2n) is 4.92. The van der Waals surface area contributed by atoms with E-state index in [0.29, 0.717) is 24.9 Å². The normalized spacial score (nSPS) is 21.4. The second kappa shape index (κ2) is 5.73. The molecule has 0 bridgehead atoms. The average Bonchev–Trinajstić information content (AvgIpc) is 2.88. The monoisotopic (exact) mass is 277 g/mol. The van der Waals surface area contributed by atoms with Crippen LogP contribution in [-0.4, -0.2) is 28.1 Å². The first kappa shape index (κ1) is 14.0. The van der Waals surface area contributed by atoms with Gasteiger partial charge in [-0.2, -0.15) is 0 Å². The Kier molecular flexibility index (Phi) is 4.02. The molecule has 1 amide bonds. The molecule has 0 radical (unpaired) electrons. The Balaban J connectivity index is 2.00. The van der Waals surface area contributed by atoms with Crippen LogP contribution in [0.15, 0.2) is 24.3 Å². The van der Waals surface area contributed by atoms with Gasteiger partial charge >= 0.3 is 11.9 Å². The van der Waals surface area contributed by atoms with Crippen LogP contribution < -0.4 is 5.32 Å². The van der Waals surface area contributed by atoms with Gasteiger partial charge in [0, 0.05) is 11.6 Å². The standard InChI is InChI=1S/C14H15NO5/c16-12(8-4-5-10(6-8)14(19)20)15-11-3-1-2-9(7-11)13(17)18/h1-3,7-8,10H,4-6H2,(H,15,16)(H,17,18)(H,19,20)/t8-,10+/m1/s1. The molecule has 0 spiro atoms. The van der Waals surface area contributed by atoms with Crippen molar-refractivity contribution in [3.8, 4) is 0 Å². The van der Waals surface area contributed by atoms with Gasteiger partial charge in [0.25, 0.3) is 0 Å². The molecule has 3 N–H and O–H groups in total. The van der Waals surface area contributed by atoms with E-state index in [0.717, 1.165) is 0 Å². The van der Waals surface area contributed by atoms with E-state index in [4.69, 9.17) is 10.2 Å². The summed E-state index contributed by atoms with van der Waals surface area (Å²) in [4.78, 5) is 33.7. The summed E-state index contributed by atoms with van der Waals surface area (Å²) in [5.74, 6) is -2.97. The topological polar surface area (TPSA) is 104 Å². The number of anilines is 1. The van der Waals surface area contributed by atoms with Crippen LogP contribution in [0.3, 0.4) is 0 Å². The number of carboxylic acids is 2. The van der Waals surface area contributed by atoms with Crippen molar-refractivity contribution >= 4 is 23.5 Å². The van der Waals surface area contributed by atoms with Crippen molar-refractivity contribution in [3.05, 3.63) is 29.8 Å². The number of amides is 1. The van der Waals surface area contributed by atoms with Crippen molar-refractivity contribution in [2.45, 2.75) is 19.3 Å². The molecule has 1 saturated carbocycles. The van der Waals surface area contributed by atoms with Crippen LogP contribution in [0.4, 0.5) is 5.69 Å². The zero-order valence-electron chi connectivity index (χ0n) is 10.7. The first-order valence-corrected chi connectivity index (χ1v) is 6.34. The molecule has 0 aromatic heterocycles. The summed E-state index contributed by atoms with van der Waals surface area (Å²) >= 11 is 0. The molecule has 2 atom stereocenters. The van der Waals surface area contributed by atoms with Crippen LogP contribution in [0.2, 0.25) is 0 Å². The third-order valence-corrected chi connectivity index (χ3v) is 3.53. The van der Waals surface area contributed by atoms with Crippen molar-refractivity contribution < 1.29 is 24.6 Å². The number of hydrogen-bond donors (Lipinski definition) is 3. The molecule has 1 aromatic rings. The van der Waals surface area contributed by atoms with Gasteiger partial charge in [0.15, 0.2) is 0 Å². The molecule has 1 aliphatic rings. The molecule has 1 aliphatic carbocycles. The molecule has 0 heterocycles. The van der Waals surface area contributed by atoms with Gasteiger partial charge < -0.3 is 15.5 Å². The predicted octanol–water partition coefficient (Wildman–Crippen LogP) is 1.82. The van der Waals surface area contributed by atoms with Gasteiger partial charge in [0.2, 0.25) is 5.91 Å². The average molecular weight is 277 g/mol. The van der Waals surface area contributed by atoms with E-state index >= 15 is 0 Å². The predicted molar refractivity (Wildman–Crippen MR) is 70.5 cm³/mol. The van der Waals surface area contributed by atoms with Crippen LogP contribution in [0.5, 0.6) is 0 Å². The fourth-order valence-corrected chi connectivity index (χ4v) is 2.42. The maximum Gasteiger partial charge on any atom is 0.335 e. The van der Waals surface area contributed by atoms with Gasteiger partial charge in [-0.3, -0.25) is 9.59 Å². The molecule has 0 unspecified atom stereocenters. The number of carbonyl (C=O) groups is 3. The van der Waals surface area contributed by atoms with Gasteiger partial charge in [0.05, 0.1) is 11.5 Å². The minimum absolute atomic E-state index is 0.0950. The summed E-state index contributed by atoms with van der Waals surface area (Å²) in [7, 11) is 0. The molecule has 106 valence electrons. The molecule has 2 rings (SSSR count). The minimum Gasteiger partial charge on any atom is -0.481 e. The second-order valence-corrected chi connectivity index (χ2v) is 4.92. The van der Waals surface area contributed by atoms with E-state index in [1.165, 1.54) is 12.1 Å². The van der Waals surface area contributed by atoms with Crippen LogP contribution in [0.25, 0.3) is 0 Å². The zero-order chi connectivity index (χ0) is 14.7. The van der Waals surface area contributed by atoms with Gasteiger partial charge in [-0.1, -0.05) is 6.07 Å². The minimum atomic E-state index is -1.06. The van der Waals surface area contributed by atoms with Crippen molar-refractivity contribution in [2.75, 3.05) is 5.32 Å². The summed E-state index contributed by atoms with van der Waals surface area (Å²) in [5, 5.41) is 20.4. The van der Waals surface area contributed by atoms with E-state index < -0.39 is 17.9 Å². The highest BCUT2D eigenvalue weighted by molar-refractivity contribution is 5.95. The van der Waals surface area contributed by atoms with Crippen molar-refractivity contribution in [1.29, 1.82) is 0 Å². The smallest absolute Gasteiger partial charge is 0.335 e. The summed E-state index contributed by atoms with van der Waals surface area (Å²) in [6, 6.07) is 5.97. The van der Waals surface area contributed by atoms with E-state index in [1.807, 2.05) is 0 Å². The van der Waals surface area contributed by atoms with Gasteiger partial charge in [-0.25, -0.2) is 4.79 Å². The van der Waals surface area contributed by atoms with Crippen molar-refractivity contribution in [2.24, 2.45) is 11.8 Å². The van der Waals surface area contributed by atoms with Crippen LogP contribution in [0.1, 0.15) is 29.6 Å². The molecule has 20 heavy (non-hydrogen) atoms. The first-order valence-electron chi connectivity index (χ1n) is 6.34. The van der Waals surface area contributed by atoms with Gasteiger partial charge in [-0.05, 0) is 37.5 Å². The maximum absolute atomic E-state index is 12.0. The van der Waals surface area contributed by atoms with E-state index in [1.54, 1.807) is 12.1 Å². The molecular formula is C14H15NO5. The lowest BCUT2D eigenvalue weighted by molar-refractivity contribution is -0.141. The molecule has 6 heteroatoms. The number of carbonyl (C=O) groups excluding carboxylic acids is 1. The highest BCUT2D eigenvalue weighted by Crippen LogP contribution is 2.31. The Morgan fingerprint density at radius 3 is 2.40 bits per heavy atom. The quantitative estimate of drug-likeness (QED) is 0.778. The first-order chi connectivity index (χ1) is 9.47. The fourth-order valence-electron chi connectivity index (χ4n) is 2.42. The summed E-state index contributed by atoms with van der Waals surface area (Å²) in [5.41, 5.74) is 0.506. The van der Waals surface area contributed by atoms with Crippen LogP contribution >= 0.6 is 0 Å². The molecule has 0 aliphatic heterocycles. The Hall–Kier alpha value is -2.37. The molecular weight excluding hydrogens is 262 g/mol. The Bertz CT molecular complexity index is 554. The van der Waals surface area contributed by atoms with E-state index in [-0.39, 0.29) is 17.4 Å². The summed E-state index contributed by atoms with van der Waals surface area (Å²) < 4.78 is 0. The SMILES string of the molecule is O=C(O)c1cccc(NC(=O)[C@@H]2CC[C@H](C(=O)O)C2)c1. The highest BCUT2D eigenvalue weighted by Gasteiger charge is 2.33. The third kappa shape index (κ3) is 3.14. The fraction of sp³-hybridized carbons (Fsp3) is 0.357. The van der Waals surface area contributed by atoms with Gasteiger partial charge in [-0.15, -0.1) is 0 Å². The highest BCUT2D eigenvalue weighted by atomic mass is 16.4. The third-order valence-electron chi connectivity index (χ3n) is 3.53. The lowest BCUT2D eigenvalue weighted by Crippen LogP contribution is -2.21. The largest absolute Gasteiger partial charge is 0.481 e. The van der Waals surface area contributed by atoms with Crippen molar-refractivity contribution in [1.82, 2.24) is 0 Å². The number of benzene rings is 1. The summed E-state index contributed by atoms with van der Waals surface area (Å²) in [6.07, 6.45) is 1.38. The van der Waals surface area contributed by atoms with Gasteiger partial charge in [0.1, 0.15) is 0 Å². The number of rotatable bonds is 4. The van der Waals surface area contributed by atoms with Crippen molar-refractivity contribution in [3.63, 3.8) is 0 Å². The Morgan fingerprint density at radius 1 is 1.10 bits per heavy atom. The Labute approximate surface area is 115 Å².